The van der Waals surface area contributed by atoms with Gasteiger partial charge in [0.25, 0.3) is 0 Å². The second-order valence-electron chi connectivity index (χ2n) is 11.6. The molecule has 1 aliphatic rings. The van der Waals surface area contributed by atoms with Gasteiger partial charge in [0.05, 0.1) is 16.8 Å². The van der Waals surface area contributed by atoms with Crippen LogP contribution >= 0.6 is 0 Å². The van der Waals surface area contributed by atoms with Gasteiger partial charge < -0.3 is 10.8 Å². The molecule has 8 heteroatoms. The number of carboxylic acids is 1. The van der Waals surface area contributed by atoms with Crippen LogP contribution in [-0.2, 0) is 0 Å². The summed E-state index contributed by atoms with van der Waals surface area (Å²) in [5.41, 5.74) is 14.3. The Balaban J connectivity index is 1.21. The molecule has 3 aromatic heterocycles. The predicted octanol–water partition coefficient (Wildman–Crippen LogP) is 7.37. The standard InChI is InChI=1S/C37H34N6O2/c1-24(25-11-13-28(14-12-25)37(44)45)42-22-6-9-29(23-42)26-15-17-30(18-16-26)43-35(31-10-5-21-39-34(31)38)41-33-20-19-32(40-36(33)43)27-7-3-2-4-8-27/h2-5,7-8,10-21,24,29H,6,9,22-23H2,1H3,(H2,38,39)(H,44,45). The quantitative estimate of drug-likeness (QED) is 0.199. The van der Waals surface area contributed by atoms with Gasteiger partial charge in [-0.25, -0.2) is 19.7 Å². The number of rotatable bonds is 7. The summed E-state index contributed by atoms with van der Waals surface area (Å²) in [5.74, 6) is 0.614. The molecule has 0 radical (unpaired) electrons. The number of carboxylic acid groups (broad SMARTS) is 1. The van der Waals surface area contributed by atoms with Crippen LogP contribution in [0, 0.1) is 0 Å². The lowest BCUT2D eigenvalue weighted by atomic mass is 9.89. The molecule has 1 fully saturated rings. The summed E-state index contributed by atoms with van der Waals surface area (Å²) in [4.78, 5) is 28.2. The highest BCUT2D eigenvalue weighted by Crippen LogP contribution is 2.35. The van der Waals surface area contributed by atoms with Gasteiger partial charge in [0.1, 0.15) is 11.3 Å². The molecule has 0 spiro atoms. The minimum atomic E-state index is -0.900. The van der Waals surface area contributed by atoms with Crippen molar-refractivity contribution in [2.24, 2.45) is 0 Å². The molecule has 0 bridgehead atoms. The molecule has 2 atom stereocenters. The van der Waals surface area contributed by atoms with Crippen molar-refractivity contribution in [1.29, 1.82) is 0 Å². The van der Waals surface area contributed by atoms with Crippen LogP contribution in [0.5, 0.6) is 0 Å². The first-order valence-electron chi connectivity index (χ1n) is 15.3. The highest BCUT2D eigenvalue weighted by molar-refractivity contribution is 5.87. The molecule has 0 aliphatic carbocycles. The molecule has 8 nitrogen and oxygen atoms in total. The van der Waals surface area contributed by atoms with E-state index < -0.39 is 5.97 Å². The molecule has 1 saturated heterocycles. The van der Waals surface area contributed by atoms with Crippen molar-refractivity contribution < 1.29 is 9.90 Å². The summed E-state index contributed by atoms with van der Waals surface area (Å²) in [7, 11) is 0. The number of pyridine rings is 2. The lowest BCUT2D eigenvalue weighted by Gasteiger charge is -2.37. The van der Waals surface area contributed by atoms with Gasteiger partial charge in [-0.2, -0.15) is 0 Å². The van der Waals surface area contributed by atoms with Crippen LogP contribution in [0.1, 0.15) is 53.2 Å². The number of fused-ring (bicyclic) bond motifs is 1. The molecule has 45 heavy (non-hydrogen) atoms. The Hall–Kier alpha value is -5.34. The number of hydrogen-bond donors (Lipinski definition) is 2. The van der Waals surface area contributed by atoms with Crippen molar-refractivity contribution in [3.8, 4) is 28.3 Å². The van der Waals surface area contributed by atoms with Gasteiger partial charge in [0.15, 0.2) is 11.5 Å². The van der Waals surface area contributed by atoms with Crippen LogP contribution in [0.4, 0.5) is 5.82 Å². The number of anilines is 1. The molecule has 3 aromatic carbocycles. The van der Waals surface area contributed by atoms with E-state index in [0.29, 0.717) is 23.1 Å². The minimum absolute atomic E-state index is 0.199. The number of piperidine rings is 1. The molecular weight excluding hydrogens is 560 g/mol. The Kier molecular flexibility index (Phi) is 7.57. The van der Waals surface area contributed by atoms with Crippen molar-refractivity contribution in [2.75, 3.05) is 18.8 Å². The van der Waals surface area contributed by atoms with Crippen molar-refractivity contribution in [3.05, 3.63) is 126 Å². The van der Waals surface area contributed by atoms with E-state index >= 15 is 0 Å². The van der Waals surface area contributed by atoms with Gasteiger partial charge in [-0.05, 0) is 91.9 Å². The number of nitrogen functional groups attached to an aromatic ring is 1. The topological polar surface area (TPSA) is 110 Å². The van der Waals surface area contributed by atoms with E-state index in [-0.39, 0.29) is 6.04 Å². The van der Waals surface area contributed by atoms with Crippen molar-refractivity contribution in [3.63, 3.8) is 0 Å². The van der Waals surface area contributed by atoms with Crippen LogP contribution in [0.2, 0.25) is 0 Å². The van der Waals surface area contributed by atoms with E-state index in [1.807, 2.05) is 54.6 Å². The molecule has 4 heterocycles. The normalized spacial score (nSPS) is 16.1. The Morgan fingerprint density at radius 2 is 1.69 bits per heavy atom. The summed E-state index contributed by atoms with van der Waals surface area (Å²) in [6, 6.07) is 34.2. The highest BCUT2D eigenvalue weighted by atomic mass is 16.4. The number of nitrogens with zero attached hydrogens (tertiary/aromatic N) is 5. The van der Waals surface area contributed by atoms with E-state index in [9.17, 15) is 9.90 Å². The molecule has 0 saturated carbocycles. The second-order valence-corrected chi connectivity index (χ2v) is 11.6. The number of likely N-dealkylation sites (tertiary alicyclic amines) is 1. The zero-order valence-electron chi connectivity index (χ0n) is 25.0. The zero-order valence-corrected chi connectivity index (χ0v) is 25.0. The summed E-state index contributed by atoms with van der Waals surface area (Å²) in [6.45, 7) is 4.16. The minimum Gasteiger partial charge on any atom is -0.478 e. The first kappa shape index (κ1) is 28.4. The maximum atomic E-state index is 11.3. The number of nitrogens with two attached hydrogens (primary N) is 1. The van der Waals surface area contributed by atoms with E-state index in [4.69, 9.17) is 15.7 Å². The third-order valence-electron chi connectivity index (χ3n) is 8.92. The van der Waals surface area contributed by atoms with Crippen LogP contribution < -0.4 is 5.73 Å². The lowest BCUT2D eigenvalue weighted by molar-refractivity contribution is 0.0696. The van der Waals surface area contributed by atoms with Crippen molar-refractivity contribution in [1.82, 2.24) is 24.4 Å². The maximum absolute atomic E-state index is 11.3. The Morgan fingerprint density at radius 1 is 0.911 bits per heavy atom. The Labute approximate surface area is 261 Å². The molecule has 6 aromatic rings. The van der Waals surface area contributed by atoms with E-state index in [1.54, 1.807) is 18.3 Å². The van der Waals surface area contributed by atoms with Gasteiger partial charge in [0.2, 0.25) is 0 Å². The second kappa shape index (κ2) is 12.0. The summed E-state index contributed by atoms with van der Waals surface area (Å²) < 4.78 is 2.08. The predicted molar refractivity (Wildman–Crippen MR) is 177 cm³/mol. The van der Waals surface area contributed by atoms with E-state index in [0.717, 1.165) is 65.2 Å². The van der Waals surface area contributed by atoms with Gasteiger partial charge in [0, 0.05) is 30.0 Å². The fourth-order valence-electron chi connectivity index (χ4n) is 6.40. The molecular formula is C37H34N6O2. The van der Waals surface area contributed by atoms with Gasteiger partial charge >= 0.3 is 5.97 Å². The lowest BCUT2D eigenvalue weighted by Crippen LogP contribution is -2.36. The molecule has 0 amide bonds. The van der Waals surface area contributed by atoms with Crippen molar-refractivity contribution >= 4 is 23.0 Å². The third-order valence-corrected chi connectivity index (χ3v) is 8.92. The Morgan fingerprint density at radius 3 is 2.42 bits per heavy atom. The molecule has 7 rings (SSSR count). The van der Waals surface area contributed by atoms with Gasteiger partial charge in [-0.3, -0.25) is 9.47 Å². The van der Waals surface area contributed by atoms with Crippen LogP contribution in [0.25, 0.3) is 39.5 Å². The van der Waals surface area contributed by atoms with Gasteiger partial charge in [-0.1, -0.05) is 54.6 Å². The smallest absolute Gasteiger partial charge is 0.335 e. The fraction of sp³-hybridized carbons (Fsp3) is 0.189. The Bertz CT molecular complexity index is 1970. The molecule has 1 aliphatic heterocycles. The summed E-state index contributed by atoms with van der Waals surface area (Å²) >= 11 is 0. The maximum Gasteiger partial charge on any atom is 0.335 e. The number of carbonyl (C=O) groups is 1. The van der Waals surface area contributed by atoms with E-state index in [2.05, 4.69) is 57.8 Å². The summed E-state index contributed by atoms with van der Waals surface area (Å²) in [5, 5.41) is 9.27. The van der Waals surface area contributed by atoms with Crippen LogP contribution in [-0.4, -0.2) is 48.6 Å². The van der Waals surface area contributed by atoms with Crippen LogP contribution in [0.3, 0.4) is 0 Å². The average Bonchev–Trinajstić information content (AvgIpc) is 3.47. The van der Waals surface area contributed by atoms with E-state index in [1.165, 1.54) is 5.56 Å². The first-order valence-corrected chi connectivity index (χ1v) is 15.3. The number of hydrogen-bond acceptors (Lipinski definition) is 6. The number of aromatic nitrogens is 4. The van der Waals surface area contributed by atoms with Gasteiger partial charge in [-0.15, -0.1) is 0 Å². The number of aromatic carboxylic acids is 1. The largest absolute Gasteiger partial charge is 0.478 e. The zero-order chi connectivity index (χ0) is 30.9. The molecule has 2 unspecified atom stereocenters. The average molecular weight is 595 g/mol. The first-order chi connectivity index (χ1) is 22.0. The number of benzene rings is 3. The third kappa shape index (κ3) is 5.56. The highest BCUT2D eigenvalue weighted by Gasteiger charge is 2.26. The number of imidazole rings is 1. The monoisotopic (exact) mass is 594 g/mol. The SMILES string of the molecule is CC(c1ccc(C(=O)O)cc1)N1CCCC(c2ccc(-n3c(-c4cccnc4N)nc4ccc(-c5ccccc5)nc43)cc2)C1. The fourth-order valence-corrected chi connectivity index (χ4v) is 6.40. The molecule has 224 valence electrons. The summed E-state index contributed by atoms with van der Waals surface area (Å²) in [6.07, 6.45) is 3.91. The molecule has 3 N–H and O–H groups in total. The van der Waals surface area contributed by atoms with Crippen LogP contribution in [0.15, 0.2) is 109 Å². The van der Waals surface area contributed by atoms with Crippen molar-refractivity contribution in [2.45, 2.75) is 31.7 Å².